The summed E-state index contributed by atoms with van der Waals surface area (Å²) >= 11 is 5.90. The number of H-pyrrole nitrogens is 1. The van der Waals surface area contributed by atoms with Crippen LogP contribution in [0.5, 0.6) is 0 Å². The lowest BCUT2D eigenvalue weighted by Crippen LogP contribution is -3.09. The fraction of sp³-hybridized carbons (Fsp3) is 0.333. The number of hydrogen-bond donors (Lipinski definition) is 3. The fourth-order valence-corrected chi connectivity index (χ4v) is 3.25. The maximum atomic E-state index is 12.2. The van der Waals surface area contributed by atoms with Crippen molar-refractivity contribution in [2.24, 2.45) is 0 Å². The molecule has 0 fully saturated rings. The molecule has 0 saturated carbocycles. The number of halogens is 1. The van der Waals surface area contributed by atoms with Gasteiger partial charge in [0.25, 0.3) is 5.56 Å². The van der Waals surface area contributed by atoms with Gasteiger partial charge >= 0.3 is 0 Å². The molecular formula is C21H25ClN3O3+. The van der Waals surface area contributed by atoms with Crippen LogP contribution in [0.15, 0.2) is 53.3 Å². The summed E-state index contributed by atoms with van der Waals surface area (Å²) in [6.45, 7) is 3.15. The number of hydrogen-bond acceptors (Lipinski definition) is 4. The normalized spacial score (nSPS) is 14.7. The Bertz CT molecular complexity index is 975. The Kier molecular flexibility index (Phi) is 6.80. The molecule has 2 aromatic carbocycles. The third kappa shape index (κ3) is 5.39. The molecule has 6 nitrogen and oxygen atoms in total. The van der Waals surface area contributed by atoms with Crippen molar-refractivity contribution in [1.82, 2.24) is 9.97 Å². The van der Waals surface area contributed by atoms with E-state index in [0.29, 0.717) is 34.8 Å². The van der Waals surface area contributed by atoms with Crippen LogP contribution in [0.4, 0.5) is 0 Å². The van der Waals surface area contributed by atoms with E-state index < -0.39 is 6.10 Å². The lowest BCUT2D eigenvalue weighted by molar-refractivity contribution is -0.897. The van der Waals surface area contributed by atoms with Gasteiger partial charge < -0.3 is 19.7 Å². The number of likely N-dealkylation sites (N-methyl/N-ethyl adjacent to an activating group) is 1. The van der Waals surface area contributed by atoms with Gasteiger partial charge in [-0.1, -0.05) is 35.9 Å². The first-order chi connectivity index (χ1) is 13.4. The van der Waals surface area contributed by atoms with E-state index in [1.807, 2.05) is 56.4 Å². The molecule has 0 aliphatic carbocycles. The van der Waals surface area contributed by atoms with E-state index in [2.05, 4.69) is 9.97 Å². The summed E-state index contributed by atoms with van der Waals surface area (Å²) < 4.78 is 5.78. The van der Waals surface area contributed by atoms with Crippen molar-refractivity contribution < 1.29 is 14.7 Å². The molecule has 3 aromatic rings. The predicted octanol–water partition coefficient (Wildman–Crippen LogP) is 1.73. The number of nitrogens with zero attached hydrogens (tertiary/aromatic N) is 1. The number of nitrogens with one attached hydrogen (secondary N) is 2. The van der Waals surface area contributed by atoms with Gasteiger partial charge in [-0.05, 0) is 36.8 Å². The number of aromatic nitrogens is 2. The molecule has 1 heterocycles. The lowest BCUT2D eigenvalue weighted by Gasteiger charge is -2.20. The predicted molar refractivity (Wildman–Crippen MR) is 110 cm³/mol. The topological polar surface area (TPSA) is 79.7 Å². The number of ether oxygens (including phenoxy) is 1. The Labute approximate surface area is 168 Å². The highest BCUT2D eigenvalue weighted by molar-refractivity contribution is 6.30. The van der Waals surface area contributed by atoms with Gasteiger partial charge in [0.2, 0.25) is 0 Å². The summed E-state index contributed by atoms with van der Waals surface area (Å²) in [6.07, 6.45) is -0.757. The summed E-state index contributed by atoms with van der Waals surface area (Å²) in [5.41, 5.74) is 1.54. The Hall–Kier alpha value is -2.25. The van der Waals surface area contributed by atoms with Gasteiger partial charge in [0.1, 0.15) is 19.2 Å². The van der Waals surface area contributed by atoms with Crippen LogP contribution in [0.1, 0.15) is 24.4 Å². The number of para-hydroxylation sites is 1. The second-order valence-electron chi connectivity index (χ2n) is 7.05. The number of quaternary nitrogens is 1. The number of rotatable bonds is 8. The zero-order valence-electron chi connectivity index (χ0n) is 16.0. The van der Waals surface area contributed by atoms with E-state index in [-0.39, 0.29) is 18.3 Å². The molecule has 148 valence electrons. The summed E-state index contributed by atoms with van der Waals surface area (Å²) in [4.78, 5) is 20.5. The average molecular weight is 403 g/mol. The maximum absolute atomic E-state index is 12.2. The fourth-order valence-electron chi connectivity index (χ4n) is 3.12. The molecule has 0 amide bonds. The number of aromatic amines is 1. The highest BCUT2D eigenvalue weighted by Gasteiger charge is 2.16. The third-order valence-corrected chi connectivity index (χ3v) is 4.85. The van der Waals surface area contributed by atoms with Crippen LogP contribution in [-0.4, -0.2) is 41.4 Å². The molecule has 1 unspecified atom stereocenters. The van der Waals surface area contributed by atoms with E-state index in [4.69, 9.17) is 16.3 Å². The zero-order valence-corrected chi connectivity index (χ0v) is 16.7. The van der Waals surface area contributed by atoms with E-state index in [1.165, 1.54) is 0 Å². The van der Waals surface area contributed by atoms with Gasteiger partial charge in [-0.3, -0.25) is 4.79 Å². The first-order valence-electron chi connectivity index (χ1n) is 9.26. The Morgan fingerprint density at radius 3 is 2.68 bits per heavy atom. The smallest absolute Gasteiger partial charge is 0.258 e. The molecule has 1 aromatic heterocycles. The van der Waals surface area contributed by atoms with Gasteiger partial charge in [0.05, 0.1) is 30.7 Å². The Morgan fingerprint density at radius 2 is 1.93 bits per heavy atom. The number of benzene rings is 2. The van der Waals surface area contributed by atoms with Gasteiger partial charge in [-0.15, -0.1) is 0 Å². The molecule has 0 saturated heterocycles. The first kappa shape index (κ1) is 20.5. The molecule has 3 rings (SSSR count). The van der Waals surface area contributed by atoms with Gasteiger partial charge in [-0.25, -0.2) is 4.98 Å². The van der Waals surface area contributed by atoms with Crippen molar-refractivity contribution in [2.75, 3.05) is 20.2 Å². The van der Waals surface area contributed by atoms with Crippen LogP contribution >= 0.6 is 11.6 Å². The van der Waals surface area contributed by atoms with Crippen molar-refractivity contribution in [3.8, 4) is 0 Å². The highest BCUT2D eigenvalue weighted by Crippen LogP contribution is 2.19. The molecule has 3 atom stereocenters. The van der Waals surface area contributed by atoms with Crippen LogP contribution in [0.2, 0.25) is 5.02 Å². The number of fused-ring (bicyclic) bond motifs is 1. The van der Waals surface area contributed by atoms with E-state index >= 15 is 0 Å². The van der Waals surface area contributed by atoms with Crippen LogP contribution < -0.4 is 10.5 Å². The molecular weight excluding hydrogens is 378 g/mol. The summed E-state index contributed by atoms with van der Waals surface area (Å²) in [5, 5.41) is 11.6. The molecule has 0 radical (unpaired) electrons. The Morgan fingerprint density at radius 1 is 1.21 bits per heavy atom. The summed E-state index contributed by atoms with van der Waals surface area (Å²) in [7, 11) is 1.95. The second-order valence-corrected chi connectivity index (χ2v) is 7.49. The monoisotopic (exact) mass is 402 g/mol. The lowest BCUT2D eigenvalue weighted by atomic mass is 10.1. The van der Waals surface area contributed by atoms with Crippen LogP contribution in [0.3, 0.4) is 0 Å². The van der Waals surface area contributed by atoms with Crippen molar-refractivity contribution in [3.05, 3.63) is 75.3 Å². The van der Waals surface area contributed by atoms with Crippen molar-refractivity contribution in [1.29, 1.82) is 0 Å². The largest absolute Gasteiger partial charge is 0.385 e. The minimum absolute atomic E-state index is 0.134. The quantitative estimate of drug-likeness (QED) is 0.536. The van der Waals surface area contributed by atoms with Crippen molar-refractivity contribution >= 4 is 22.5 Å². The second kappa shape index (κ2) is 9.30. The molecule has 7 heteroatoms. The molecule has 0 bridgehead atoms. The number of aliphatic hydroxyl groups excluding tert-OH is 1. The van der Waals surface area contributed by atoms with Gasteiger partial charge in [0, 0.05) is 5.02 Å². The highest BCUT2D eigenvalue weighted by atomic mass is 35.5. The molecule has 0 aliphatic rings. The van der Waals surface area contributed by atoms with Crippen LogP contribution in [0.25, 0.3) is 10.9 Å². The van der Waals surface area contributed by atoms with E-state index in [0.717, 1.165) is 10.5 Å². The zero-order chi connectivity index (χ0) is 20.1. The third-order valence-electron chi connectivity index (χ3n) is 4.59. The molecule has 28 heavy (non-hydrogen) atoms. The van der Waals surface area contributed by atoms with Gasteiger partial charge in [0.15, 0.2) is 5.82 Å². The minimum atomic E-state index is -0.623. The first-order valence-corrected chi connectivity index (χ1v) is 9.64. The van der Waals surface area contributed by atoms with E-state index in [1.54, 1.807) is 6.07 Å². The van der Waals surface area contributed by atoms with Gasteiger partial charge in [-0.2, -0.15) is 0 Å². The average Bonchev–Trinajstić information content (AvgIpc) is 2.66. The van der Waals surface area contributed by atoms with E-state index in [9.17, 15) is 9.90 Å². The van der Waals surface area contributed by atoms with Crippen molar-refractivity contribution in [3.63, 3.8) is 0 Å². The standard InChI is InChI=1S/C21H24ClN3O3/c1-14(15-7-9-16(22)10-8-15)28-13-17(26)11-25(2)12-20-23-19-6-4-3-5-18(19)21(27)24-20/h3-10,14,17,26H,11-13H2,1-2H3,(H,23,24,27)/p+1/t14-,17-/m0/s1. The summed E-state index contributed by atoms with van der Waals surface area (Å²) in [6, 6.07) is 14.7. The maximum Gasteiger partial charge on any atom is 0.258 e. The molecule has 3 N–H and O–H groups in total. The SMILES string of the molecule is C[C@H](OC[C@@H](O)C[NH+](C)Cc1nc2ccccc2c(=O)[nH]1)c1ccc(Cl)cc1. The molecule has 0 spiro atoms. The Balaban J connectivity index is 1.52. The van der Waals surface area contributed by atoms with Crippen LogP contribution in [-0.2, 0) is 11.3 Å². The molecule has 0 aliphatic heterocycles. The van der Waals surface area contributed by atoms with Crippen LogP contribution in [0, 0.1) is 0 Å². The summed E-state index contributed by atoms with van der Waals surface area (Å²) in [5.74, 6) is 0.601. The van der Waals surface area contributed by atoms with Crippen molar-refractivity contribution in [2.45, 2.75) is 25.7 Å². The number of aliphatic hydroxyl groups is 1. The minimum Gasteiger partial charge on any atom is -0.385 e.